The van der Waals surface area contributed by atoms with Gasteiger partial charge in [0.05, 0.1) is 20.6 Å². The molecule has 0 amide bonds. The van der Waals surface area contributed by atoms with Gasteiger partial charge in [-0.05, 0) is 64.2 Å². The number of unbranched alkanes of at least 4 members (excludes halogenated alkanes) is 22. The molecule has 0 spiro atoms. The number of rotatable bonds is 37. The van der Waals surface area contributed by atoms with Gasteiger partial charge in [-0.1, -0.05) is 141 Å². The van der Waals surface area contributed by atoms with Gasteiger partial charge in [-0.2, -0.15) is 0 Å². The van der Waals surface area contributed by atoms with E-state index < -0.39 is 0 Å². The predicted molar refractivity (Wildman–Crippen MR) is 213 cm³/mol. The molecule has 6 nitrogen and oxygen atoms in total. The van der Waals surface area contributed by atoms with Gasteiger partial charge in [0.25, 0.3) is 0 Å². The molecule has 0 unspecified atom stereocenters. The van der Waals surface area contributed by atoms with Crippen LogP contribution in [-0.4, -0.2) is 55.3 Å². The molecule has 0 fully saturated rings. The summed E-state index contributed by atoms with van der Waals surface area (Å²) in [5.74, 6) is -0.179. The molecule has 0 bridgehead atoms. The Kier molecular flexibility index (Phi) is 40.3. The summed E-state index contributed by atoms with van der Waals surface area (Å²) in [5, 5.41) is 9.29. The van der Waals surface area contributed by atoms with Gasteiger partial charge in [0.1, 0.15) is 12.8 Å². The van der Waals surface area contributed by atoms with Crippen molar-refractivity contribution in [3.05, 3.63) is 36.3 Å². The van der Waals surface area contributed by atoms with Gasteiger partial charge in [0.15, 0.2) is 5.76 Å². The van der Waals surface area contributed by atoms with Gasteiger partial charge in [-0.3, -0.25) is 9.59 Å². The SMILES string of the molecule is CCCCCCCC/C=C\CCCCCCCC(=O)OC=C(C[N+](C)(C)CCCO)OC(=O)CCCCCCC/C=C\CCCCCCCC.[Br-]. The average molecular weight is 785 g/mol. The molecular formula is C44H82BrNO5. The predicted octanol–water partition coefficient (Wildman–Crippen LogP) is 9.45. The molecule has 0 rings (SSSR count). The maximum Gasteiger partial charge on any atom is 0.311 e. The molecule has 0 radical (unpaired) electrons. The van der Waals surface area contributed by atoms with E-state index in [1.807, 2.05) is 14.1 Å². The van der Waals surface area contributed by atoms with Crippen molar-refractivity contribution in [3.8, 4) is 0 Å². The third-order valence-corrected chi connectivity index (χ3v) is 9.36. The first-order valence-electron chi connectivity index (χ1n) is 21.2. The van der Waals surface area contributed by atoms with Crippen molar-refractivity contribution >= 4 is 11.9 Å². The fourth-order valence-electron chi connectivity index (χ4n) is 6.16. The number of hydrogen-bond donors (Lipinski definition) is 1. The Morgan fingerprint density at radius 1 is 0.529 bits per heavy atom. The second-order valence-corrected chi connectivity index (χ2v) is 15.1. The molecule has 0 aliphatic rings. The van der Waals surface area contributed by atoms with Crippen molar-refractivity contribution in [3.63, 3.8) is 0 Å². The number of hydrogen-bond acceptors (Lipinski definition) is 5. The zero-order valence-corrected chi connectivity index (χ0v) is 35.5. The maximum atomic E-state index is 12.7. The van der Waals surface area contributed by atoms with Gasteiger partial charge in [-0.15, -0.1) is 0 Å². The molecule has 0 aromatic heterocycles. The van der Waals surface area contributed by atoms with E-state index in [9.17, 15) is 14.7 Å². The lowest BCUT2D eigenvalue weighted by Crippen LogP contribution is -3.00. The van der Waals surface area contributed by atoms with E-state index in [1.165, 1.54) is 122 Å². The molecule has 0 atom stereocenters. The van der Waals surface area contributed by atoms with Gasteiger partial charge < -0.3 is 36.0 Å². The fraction of sp³-hybridized carbons (Fsp3) is 0.818. The van der Waals surface area contributed by atoms with Gasteiger partial charge in [0, 0.05) is 25.9 Å². The highest BCUT2D eigenvalue weighted by atomic mass is 79.9. The van der Waals surface area contributed by atoms with E-state index in [2.05, 4.69) is 38.2 Å². The van der Waals surface area contributed by atoms with Crippen LogP contribution in [0.4, 0.5) is 0 Å². The van der Waals surface area contributed by atoms with Crippen LogP contribution in [0.3, 0.4) is 0 Å². The maximum absolute atomic E-state index is 12.7. The largest absolute Gasteiger partial charge is 1.00 e. The zero-order chi connectivity index (χ0) is 36.8. The minimum atomic E-state index is -0.283. The summed E-state index contributed by atoms with van der Waals surface area (Å²) < 4.78 is 11.7. The first-order chi connectivity index (χ1) is 24.3. The lowest BCUT2D eigenvalue weighted by atomic mass is 10.1. The number of quaternary nitrogens is 1. The quantitative estimate of drug-likeness (QED) is 0.0224. The summed E-state index contributed by atoms with van der Waals surface area (Å²) in [7, 11) is 4.04. The van der Waals surface area contributed by atoms with E-state index in [0.717, 1.165) is 57.9 Å². The molecule has 0 aliphatic carbocycles. The summed E-state index contributed by atoms with van der Waals surface area (Å²) in [5.41, 5.74) is 0. The summed E-state index contributed by atoms with van der Waals surface area (Å²) >= 11 is 0. The summed E-state index contributed by atoms with van der Waals surface area (Å²) in [6, 6.07) is 0. The Balaban J connectivity index is 0. The van der Waals surface area contributed by atoms with Gasteiger partial charge in [0.2, 0.25) is 0 Å². The Bertz CT molecular complexity index is 870. The number of ether oxygens (including phenoxy) is 2. The molecule has 0 aromatic rings. The molecular weight excluding hydrogens is 702 g/mol. The normalized spacial score (nSPS) is 12.1. The molecule has 0 aliphatic heterocycles. The molecule has 51 heavy (non-hydrogen) atoms. The summed E-state index contributed by atoms with van der Waals surface area (Å²) in [4.78, 5) is 25.2. The Morgan fingerprint density at radius 3 is 1.31 bits per heavy atom. The van der Waals surface area contributed by atoms with Crippen LogP contribution in [0.1, 0.15) is 200 Å². The second kappa shape index (κ2) is 39.8. The minimum absolute atomic E-state index is 0. The van der Waals surface area contributed by atoms with E-state index >= 15 is 0 Å². The molecule has 1 N–H and O–H groups in total. The van der Waals surface area contributed by atoms with Gasteiger partial charge >= 0.3 is 11.9 Å². The number of carbonyl (C=O) groups is 2. The highest BCUT2D eigenvalue weighted by Gasteiger charge is 2.21. The summed E-state index contributed by atoms with van der Waals surface area (Å²) in [6.07, 6.45) is 43.7. The van der Waals surface area contributed by atoms with Crippen LogP contribution in [0.15, 0.2) is 36.3 Å². The monoisotopic (exact) mass is 784 g/mol. The van der Waals surface area contributed by atoms with E-state index in [-0.39, 0.29) is 35.5 Å². The highest BCUT2D eigenvalue weighted by Crippen LogP contribution is 2.15. The molecule has 0 saturated carbocycles. The highest BCUT2D eigenvalue weighted by molar-refractivity contribution is 5.71. The molecule has 7 heteroatoms. The molecule has 0 heterocycles. The molecule has 0 saturated heterocycles. The van der Waals surface area contributed by atoms with Crippen molar-refractivity contribution in [1.82, 2.24) is 0 Å². The van der Waals surface area contributed by atoms with Crippen molar-refractivity contribution < 1.29 is 45.6 Å². The third kappa shape index (κ3) is 39.6. The molecule has 300 valence electrons. The number of esters is 2. The number of halogens is 1. The topological polar surface area (TPSA) is 72.8 Å². The first-order valence-corrected chi connectivity index (χ1v) is 21.2. The zero-order valence-electron chi connectivity index (χ0n) is 33.9. The van der Waals surface area contributed by atoms with Crippen LogP contribution in [0.25, 0.3) is 0 Å². The summed E-state index contributed by atoms with van der Waals surface area (Å²) in [6.45, 7) is 5.78. The number of allylic oxidation sites excluding steroid dienone is 4. The van der Waals surface area contributed by atoms with Crippen LogP contribution in [0.5, 0.6) is 0 Å². The Morgan fingerprint density at radius 2 is 0.902 bits per heavy atom. The number of nitrogens with zero attached hydrogens (tertiary/aromatic N) is 1. The Hall–Kier alpha value is -1.44. The van der Waals surface area contributed by atoms with E-state index in [1.54, 1.807) is 0 Å². The van der Waals surface area contributed by atoms with Crippen molar-refractivity contribution in [2.24, 2.45) is 0 Å². The smallest absolute Gasteiger partial charge is 0.311 e. The van der Waals surface area contributed by atoms with Crippen molar-refractivity contribution in [2.45, 2.75) is 200 Å². The van der Waals surface area contributed by atoms with E-state index in [0.29, 0.717) is 36.0 Å². The number of aliphatic hydroxyl groups excluding tert-OH is 1. The van der Waals surface area contributed by atoms with Crippen LogP contribution >= 0.6 is 0 Å². The number of carbonyl (C=O) groups excluding carboxylic acids is 2. The molecule has 0 aromatic carbocycles. The average Bonchev–Trinajstić information content (AvgIpc) is 3.09. The minimum Gasteiger partial charge on any atom is -1.00 e. The van der Waals surface area contributed by atoms with E-state index in [4.69, 9.17) is 9.47 Å². The second-order valence-electron chi connectivity index (χ2n) is 15.1. The fourth-order valence-corrected chi connectivity index (χ4v) is 6.16. The first kappa shape index (κ1) is 51.7. The van der Waals surface area contributed by atoms with Gasteiger partial charge in [-0.25, -0.2) is 0 Å². The third-order valence-electron chi connectivity index (χ3n) is 9.36. The van der Waals surface area contributed by atoms with Crippen molar-refractivity contribution in [2.75, 3.05) is 33.8 Å². The number of likely N-dealkylation sites (N-methyl/N-ethyl adjacent to an activating group) is 1. The van der Waals surface area contributed by atoms with Crippen LogP contribution < -0.4 is 17.0 Å². The standard InChI is InChI=1S/C44H82NO5.BrH/c1-5-7-9-11-13-15-17-19-21-23-25-27-29-31-33-36-43(47)49-41-42(40-45(3,4)38-35-39-46)50-44(48)37-34-32-30-28-26-24-22-20-18-16-14-12-10-8-6-2;/h19-22,41,46H,5-18,23-40H2,1-4H3;1H/q+1;/p-1/b21-19-,22-20-,42-41?;. The number of aliphatic hydroxyl groups is 1. The van der Waals surface area contributed by atoms with Crippen LogP contribution in [0.2, 0.25) is 0 Å². The Labute approximate surface area is 326 Å². The lowest BCUT2D eigenvalue weighted by molar-refractivity contribution is -0.887. The van der Waals surface area contributed by atoms with Crippen LogP contribution in [0, 0.1) is 0 Å². The van der Waals surface area contributed by atoms with Crippen LogP contribution in [-0.2, 0) is 19.1 Å². The van der Waals surface area contributed by atoms with Crippen molar-refractivity contribution in [1.29, 1.82) is 0 Å². The lowest BCUT2D eigenvalue weighted by Gasteiger charge is -2.29.